The second-order valence-corrected chi connectivity index (χ2v) is 7.58. The van der Waals surface area contributed by atoms with Gasteiger partial charge in [-0.3, -0.25) is 9.67 Å². The number of pyridine rings is 1. The molecule has 2 N–H and O–H groups in total. The number of nitrogens with zero attached hydrogens (tertiary/aromatic N) is 5. The molecule has 0 bridgehead atoms. The molecule has 35 heavy (non-hydrogen) atoms. The van der Waals surface area contributed by atoms with Crippen LogP contribution in [0.5, 0.6) is 5.75 Å². The standard InChI is InChI=1S/C25H19FN6O3/c1-35-21-13-28-24(30-23(21)29-19-10-11-27-12-17(19)25(33)34)22-16-7-3-5-9-20(16)32(31-22)14-15-6-2-4-8-18(15)26/h2-13H,14H2,1H3,(H,33,34)(H,27,28,29,30). The molecule has 0 fully saturated rings. The van der Waals surface area contributed by atoms with E-state index in [-0.39, 0.29) is 23.7 Å². The number of aromatic carboxylic acids is 1. The van der Waals surface area contributed by atoms with E-state index in [4.69, 9.17) is 9.84 Å². The Balaban J connectivity index is 1.59. The van der Waals surface area contributed by atoms with E-state index in [0.717, 1.165) is 10.9 Å². The fraction of sp³-hybridized carbons (Fsp3) is 0.0800. The number of carboxylic acid groups (broad SMARTS) is 1. The molecular formula is C25H19FN6O3. The highest BCUT2D eigenvalue weighted by Gasteiger charge is 2.19. The highest BCUT2D eigenvalue weighted by atomic mass is 19.1. The lowest BCUT2D eigenvalue weighted by Gasteiger charge is -2.12. The average molecular weight is 470 g/mol. The lowest BCUT2D eigenvalue weighted by Crippen LogP contribution is -2.07. The first-order valence-electron chi connectivity index (χ1n) is 10.6. The van der Waals surface area contributed by atoms with Crippen molar-refractivity contribution >= 4 is 28.4 Å². The van der Waals surface area contributed by atoms with Gasteiger partial charge in [-0.25, -0.2) is 19.2 Å². The Morgan fingerprint density at radius 1 is 1.11 bits per heavy atom. The summed E-state index contributed by atoms with van der Waals surface area (Å²) in [6, 6.07) is 15.6. The number of hydrogen-bond acceptors (Lipinski definition) is 7. The molecule has 0 unspecified atom stereocenters. The molecule has 0 atom stereocenters. The second kappa shape index (κ2) is 9.18. The van der Waals surface area contributed by atoms with E-state index < -0.39 is 5.97 Å². The Hall–Kier alpha value is -4.86. The number of para-hydroxylation sites is 1. The van der Waals surface area contributed by atoms with Crippen LogP contribution >= 0.6 is 0 Å². The van der Waals surface area contributed by atoms with Crippen LogP contribution in [0.4, 0.5) is 15.9 Å². The van der Waals surface area contributed by atoms with Gasteiger partial charge in [-0.2, -0.15) is 5.10 Å². The highest BCUT2D eigenvalue weighted by Crippen LogP contribution is 2.31. The fourth-order valence-corrected chi connectivity index (χ4v) is 3.73. The third-order valence-electron chi connectivity index (χ3n) is 5.43. The van der Waals surface area contributed by atoms with Crippen LogP contribution in [-0.4, -0.2) is 42.9 Å². The highest BCUT2D eigenvalue weighted by molar-refractivity contribution is 5.95. The molecule has 10 heteroatoms. The molecule has 0 aliphatic heterocycles. The van der Waals surface area contributed by atoms with Gasteiger partial charge in [0.25, 0.3) is 0 Å². The smallest absolute Gasteiger partial charge is 0.339 e. The summed E-state index contributed by atoms with van der Waals surface area (Å²) in [5.41, 5.74) is 2.07. The van der Waals surface area contributed by atoms with Gasteiger partial charge < -0.3 is 15.2 Å². The third-order valence-corrected chi connectivity index (χ3v) is 5.43. The normalized spacial score (nSPS) is 10.9. The van der Waals surface area contributed by atoms with Gasteiger partial charge in [0.2, 0.25) is 0 Å². The zero-order valence-electron chi connectivity index (χ0n) is 18.5. The summed E-state index contributed by atoms with van der Waals surface area (Å²) in [5, 5.41) is 18.0. The number of anilines is 2. The summed E-state index contributed by atoms with van der Waals surface area (Å²) in [6.45, 7) is 0.230. The Labute approximate surface area is 198 Å². The maximum atomic E-state index is 14.3. The van der Waals surface area contributed by atoms with Gasteiger partial charge in [0, 0.05) is 23.3 Å². The first kappa shape index (κ1) is 22.0. The van der Waals surface area contributed by atoms with Crippen molar-refractivity contribution in [2.45, 2.75) is 6.54 Å². The van der Waals surface area contributed by atoms with E-state index in [2.05, 4.69) is 20.3 Å². The Morgan fingerprint density at radius 3 is 2.71 bits per heavy atom. The van der Waals surface area contributed by atoms with Crippen molar-refractivity contribution in [2.24, 2.45) is 0 Å². The number of carboxylic acids is 1. The van der Waals surface area contributed by atoms with Crippen molar-refractivity contribution in [3.63, 3.8) is 0 Å². The molecule has 0 aliphatic carbocycles. The summed E-state index contributed by atoms with van der Waals surface area (Å²) in [6.07, 6.45) is 4.20. The predicted octanol–water partition coefficient (Wildman–Crippen LogP) is 4.53. The van der Waals surface area contributed by atoms with Crippen molar-refractivity contribution in [3.05, 3.63) is 90.1 Å². The van der Waals surface area contributed by atoms with E-state index in [1.807, 2.05) is 24.3 Å². The SMILES string of the molecule is COc1cnc(-c2nn(Cc3ccccc3F)c3ccccc23)nc1Nc1ccncc1C(=O)O. The monoisotopic (exact) mass is 470 g/mol. The van der Waals surface area contributed by atoms with Crippen LogP contribution in [0.2, 0.25) is 0 Å². The van der Waals surface area contributed by atoms with Gasteiger partial charge in [-0.15, -0.1) is 0 Å². The van der Waals surface area contributed by atoms with Crippen LogP contribution < -0.4 is 10.1 Å². The minimum Gasteiger partial charge on any atom is -0.491 e. The topological polar surface area (TPSA) is 115 Å². The lowest BCUT2D eigenvalue weighted by molar-refractivity contribution is 0.0697. The molecule has 5 aromatic rings. The fourth-order valence-electron chi connectivity index (χ4n) is 3.73. The third kappa shape index (κ3) is 4.24. The summed E-state index contributed by atoms with van der Waals surface area (Å²) in [4.78, 5) is 24.5. The van der Waals surface area contributed by atoms with Crippen LogP contribution in [0.1, 0.15) is 15.9 Å². The minimum absolute atomic E-state index is 0.0191. The van der Waals surface area contributed by atoms with E-state index in [1.165, 1.54) is 37.8 Å². The molecular weight excluding hydrogens is 451 g/mol. The number of halogens is 1. The molecule has 0 saturated heterocycles. The quantitative estimate of drug-likeness (QED) is 0.357. The molecule has 2 aromatic carbocycles. The van der Waals surface area contributed by atoms with Crippen molar-refractivity contribution in [3.8, 4) is 17.3 Å². The molecule has 0 spiro atoms. The lowest BCUT2D eigenvalue weighted by atomic mass is 10.2. The first-order valence-corrected chi connectivity index (χ1v) is 10.6. The van der Waals surface area contributed by atoms with Crippen molar-refractivity contribution < 1.29 is 19.0 Å². The summed E-state index contributed by atoms with van der Waals surface area (Å²) in [7, 11) is 1.47. The number of fused-ring (bicyclic) bond motifs is 1. The number of nitrogens with one attached hydrogen (secondary N) is 1. The number of rotatable bonds is 7. The molecule has 9 nitrogen and oxygen atoms in total. The van der Waals surface area contributed by atoms with Crippen LogP contribution in [0, 0.1) is 5.82 Å². The average Bonchev–Trinajstić information content (AvgIpc) is 3.24. The number of aromatic nitrogens is 5. The summed E-state index contributed by atoms with van der Waals surface area (Å²) >= 11 is 0. The Bertz CT molecular complexity index is 1550. The van der Waals surface area contributed by atoms with Crippen molar-refractivity contribution in [2.75, 3.05) is 12.4 Å². The van der Waals surface area contributed by atoms with Gasteiger partial charge in [-0.1, -0.05) is 36.4 Å². The zero-order chi connectivity index (χ0) is 24.4. The van der Waals surface area contributed by atoms with Gasteiger partial charge in [-0.05, 0) is 18.2 Å². The van der Waals surface area contributed by atoms with Crippen molar-refractivity contribution in [1.82, 2.24) is 24.7 Å². The molecule has 3 aromatic heterocycles. The predicted molar refractivity (Wildman–Crippen MR) is 127 cm³/mol. The van der Waals surface area contributed by atoms with Crippen molar-refractivity contribution in [1.29, 1.82) is 0 Å². The van der Waals surface area contributed by atoms with E-state index >= 15 is 0 Å². The van der Waals surface area contributed by atoms with E-state index in [9.17, 15) is 14.3 Å². The van der Waals surface area contributed by atoms with E-state index in [0.29, 0.717) is 28.5 Å². The molecule has 0 saturated carbocycles. The Morgan fingerprint density at radius 2 is 1.91 bits per heavy atom. The maximum absolute atomic E-state index is 14.3. The van der Waals surface area contributed by atoms with Crippen LogP contribution in [0.3, 0.4) is 0 Å². The molecule has 0 amide bonds. The molecule has 3 heterocycles. The zero-order valence-corrected chi connectivity index (χ0v) is 18.5. The number of methoxy groups -OCH3 is 1. The number of hydrogen-bond donors (Lipinski definition) is 2. The van der Waals surface area contributed by atoms with Gasteiger partial charge in [0.05, 0.1) is 31.1 Å². The molecule has 0 radical (unpaired) electrons. The van der Waals surface area contributed by atoms with Gasteiger partial charge >= 0.3 is 5.97 Å². The largest absolute Gasteiger partial charge is 0.491 e. The summed E-state index contributed by atoms with van der Waals surface area (Å²) < 4.78 is 21.4. The number of ether oxygens (including phenoxy) is 1. The number of carbonyl (C=O) groups is 1. The van der Waals surface area contributed by atoms with E-state index in [1.54, 1.807) is 22.9 Å². The molecule has 0 aliphatic rings. The molecule has 174 valence electrons. The van der Waals surface area contributed by atoms with Crippen LogP contribution in [-0.2, 0) is 6.54 Å². The molecule has 5 rings (SSSR count). The van der Waals surface area contributed by atoms with Gasteiger partial charge in [0.1, 0.15) is 17.1 Å². The second-order valence-electron chi connectivity index (χ2n) is 7.58. The summed E-state index contributed by atoms with van der Waals surface area (Å²) in [5.74, 6) is -0.572. The van der Waals surface area contributed by atoms with Crippen LogP contribution in [0.25, 0.3) is 22.4 Å². The number of benzene rings is 2. The first-order chi connectivity index (χ1) is 17.0. The minimum atomic E-state index is -1.13. The van der Waals surface area contributed by atoms with Crippen LogP contribution in [0.15, 0.2) is 73.2 Å². The van der Waals surface area contributed by atoms with Gasteiger partial charge in [0.15, 0.2) is 17.4 Å². The Kier molecular flexibility index (Phi) is 5.76. The maximum Gasteiger partial charge on any atom is 0.339 e.